The number of hydrogen-bond donors (Lipinski definition) is 0. The molecule has 3 nitrogen and oxygen atoms in total. The maximum absolute atomic E-state index is 12.7. The van der Waals surface area contributed by atoms with E-state index in [1.54, 1.807) is 0 Å². The number of hydrogen-bond acceptors (Lipinski definition) is 3. The smallest absolute Gasteiger partial charge is 0.318 e. The highest BCUT2D eigenvalue weighted by Crippen LogP contribution is 2.44. The number of rotatable bonds is 5. The van der Waals surface area contributed by atoms with Crippen molar-refractivity contribution in [1.29, 1.82) is 0 Å². The number of carbonyl (C=O) groups is 1. The molecule has 0 aromatic heterocycles. The van der Waals surface area contributed by atoms with Gasteiger partial charge in [0.25, 0.3) is 0 Å². The van der Waals surface area contributed by atoms with Gasteiger partial charge in [-0.15, -0.1) is 0 Å². The van der Waals surface area contributed by atoms with Gasteiger partial charge in [-0.05, 0) is 30.4 Å². The molecule has 2 aromatic rings. The van der Waals surface area contributed by atoms with Crippen LogP contribution in [-0.4, -0.2) is 19.2 Å². The van der Waals surface area contributed by atoms with Crippen LogP contribution in [0.4, 0.5) is 0 Å². The quantitative estimate of drug-likeness (QED) is 0.787. The summed E-state index contributed by atoms with van der Waals surface area (Å²) in [6.45, 7) is 0.511. The van der Waals surface area contributed by atoms with Gasteiger partial charge in [0, 0.05) is 0 Å². The summed E-state index contributed by atoms with van der Waals surface area (Å²) in [5.74, 6) is -0.195. The minimum Gasteiger partial charge on any atom is -0.468 e. The molecule has 0 heterocycles. The van der Waals surface area contributed by atoms with Crippen LogP contribution < -0.4 is 0 Å². The van der Waals surface area contributed by atoms with Gasteiger partial charge in [0.05, 0.1) is 19.8 Å². The van der Waals surface area contributed by atoms with Gasteiger partial charge in [0.2, 0.25) is 0 Å². The Morgan fingerprint density at radius 2 is 1.74 bits per heavy atom. The van der Waals surface area contributed by atoms with Gasteiger partial charge < -0.3 is 9.47 Å². The van der Waals surface area contributed by atoms with Crippen molar-refractivity contribution < 1.29 is 14.3 Å². The molecule has 2 aromatic carbocycles. The lowest BCUT2D eigenvalue weighted by atomic mass is 9.77. The first-order valence-corrected chi connectivity index (χ1v) is 8.07. The van der Waals surface area contributed by atoms with E-state index in [0.717, 1.165) is 30.4 Å². The van der Waals surface area contributed by atoms with Crippen molar-refractivity contribution in [3.05, 3.63) is 71.8 Å². The Labute approximate surface area is 137 Å². The van der Waals surface area contributed by atoms with E-state index in [9.17, 15) is 4.79 Å². The first-order chi connectivity index (χ1) is 11.3. The highest BCUT2D eigenvalue weighted by atomic mass is 16.5. The maximum Gasteiger partial charge on any atom is 0.318 e. The van der Waals surface area contributed by atoms with E-state index in [-0.39, 0.29) is 12.1 Å². The fourth-order valence-electron chi connectivity index (χ4n) is 3.57. The summed E-state index contributed by atoms with van der Waals surface area (Å²) in [5.41, 5.74) is 1.42. The maximum atomic E-state index is 12.7. The van der Waals surface area contributed by atoms with Gasteiger partial charge in [0.15, 0.2) is 0 Å². The SMILES string of the molecule is COC(=O)C1(c2ccccc2)CCCC1OCc1ccccc1. The number of esters is 1. The lowest BCUT2D eigenvalue weighted by Crippen LogP contribution is -2.45. The third kappa shape index (κ3) is 3.02. The summed E-state index contributed by atoms with van der Waals surface area (Å²) < 4.78 is 11.3. The van der Waals surface area contributed by atoms with Crippen molar-refractivity contribution in [2.45, 2.75) is 37.4 Å². The Morgan fingerprint density at radius 1 is 1.09 bits per heavy atom. The third-order valence-corrected chi connectivity index (χ3v) is 4.72. The molecular formula is C20H22O3. The van der Waals surface area contributed by atoms with Gasteiger partial charge in [-0.2, -0.15) is 0 Å². The second-order valence-electron chi connectivity index (χ2n) is 6.01. The lowest BCUT2D eigenvalue weighted by Gasteiger charge is -2.33. The fourth-order valence-corrected chi connectivity index (χ4v) is 3.57. The van der Waals surface area contributed by atoms with Crippen molar-refractivity contribution in [3.63, 3.8) is 0 Å². The van der Waals surface area contributed by atoms with Crippen LogP contribution in [0.15, 0.2) is 60.7 Å². The minimum atomic E-state index is -0.690. The molecule has 1 fully saturated rings. The van der Waals surface area contributed by atoms with Crippen molar-refractivity contribution in [1.82, 2.24) is 0 Å². The monoisotopic (exact) mass is 310 g/mol. The Morgan fingerprint density at radius 3 is 2.39 bits per heavy atom. The van der Waals surface area contributed by atoms with Crippen LogP contribution in [0.25, 0.3) is 0 Å². The zero-order valence-electron chi connectivity index (χ0n) is 13.4. The van der Waals surface area contributed by atoms with E-state index in [1.165, 1.54) is 7.11 Å². The number of ether oxygens (including phenoxy) is 2. The second-order valence-corrected chi connectivity index (χ2v) is 6.01. The van der Waals surface area contributed by atoms with Gasteiger partial charge >= 0.3 is 5.97 Å². The molecule has 2 unspecified atom stereocenters. The first kappa shape index (κ1) is 15.8. The molecule has 1 aliphatic carbocycles. The number of benzene rings is 2. The molecule has 0 radical (unpaired) electrons. The van der Waals surface area contributed by atoms with Crippen LogP contribution in [0, 0.1) is 0 Å². The molecule has 0 aliphatic heterocycles. The average molecular weight is 310 g/mol. The number of carbonyl (C=O) groups excluding carboxylic acids is 1. The zero-order valence-corrected chi connectivity index (χ0v) is 13.4. The Balaban J connectivity index is 1.87. The van der Waals surface area contributed by atoms with Crippen molar-refractivity contribution in [2.24, 2.45) is 0 Å². The normalized spacial score (nSPS) is 23.6. The van der Waals surface area contributed by atoms with E-state index in [1.807, 2.05) is 60.7 Å². The largest absolute Gasteiger partial charge is 0.468 e. The summed E-state index contributed by atoms with van der Waals surface area (Å²) in [5, 5.41) is 0. The van der Waals surface area contributed by atoms with E-state index < -0.39 is 5.41 Å². The van der Waals surface area contributed by atoms with Crippen LogP contribution in [-0.2, 0) is 26.3 Å². The van der Waals surface area contributed by atoms with Gasteiger partial charge in [-0.3, -0.25) is 4.79 Å². The molecule has 0 saturated heterocycles. The Hall–Kier alpha value is -2.13. The Bertz CT molecular complexity index is 638. The van der Waals surface area contributed by atoms with Crippen LogP contribution in [0.2, 0.25) is 0 Å². The fraction of sp³-hybridized carbons (Fsp3) is 0.350. The van der Waals surface area contributed by atoms with Gasteiger partial charge in [0.1, 0.15) is 5.41 Å². The van der Waals surface area contributed by atoms with E-state index >= 15 is 0 Å². The average Bonchev–Trinajstić information content (AvgIpc) is 3.06. The molecule has 3 rings (SSSR count). The van der Waals surface area contributed by atoms with E-state index in [2.05, 4.69) is 0 Å². The molecule has 2 atom stereocenters. The van der Waals surface area contributed by atoms with Crippen LogP contribution in [0.5, 0.6) is 0 Å². The minimum absolute atomic E-state index is 0.155. The van der Waals surface area contributed by atoms with Crippen LogP contribution >= 0.6 is 0 Å². The summed E-state index contributed by atoms with van der Waals surface area (Å²) in [6, 6.07) is 20.0. The molecule has 3 heteroatoms. The third-order valence-electron chi connectivity index (χ3n) is 4.72. The molecular weight excluding hydrogens is 288 g/mol. The molecule has 1 aliphatic rings. The summed E-state index contributed by atoms with van der Waals surface area (Å²) >= 11 is 0. The highest BCUT2D eigenvalue weighted by Gasteiger charge is 2.52. The molecule has 1 saturated carbocycles. The first-order valence-electron chi connectivity index (χ1n) is 8.07. The van der Waals surface area contributed by atoms with Crippen LogP contribution in [0.1, 0.15) is 30.4 Å². The van der Waals surface area contributed by atoms with Crippen molar-refractivity contribution >= 4 is 5.97 Å². The second kappa shape index (κ2) is 6.97. The summed E-state index contributed by atoms with van der Waals surface area (Å²) in [6.07, 6.45) is 2.45. The van der Waals surface area contributed by atoms with Crippen molar-refractivity contribution in [2.75, 3.05) is 7.11 Å². The van der Waals surface area contributed by atoms with E-state index in [0.29, 0.717) is 6.61 Å². The predicted octanol–water partition coefficient (Wildman–Crippen LogP) is 3.87. The standard InChI is InChI=1S/C20H22O3/c1-22-19(21)20(17-11-6-3-7-12-17)14-8-13-18(20)23-15-16-9-4-2-5-10-16/h2-7,9-12,18H,8,13-15H2,1H3. The topological polar surface area (TPSA) is 35.5 Å². The number of methoxy groups -OCH3 is 1. The molecule has 0 spiro atoms. The van der Waals surface area contributed by atoms with Gasteiger partial charge in [-0.25, -0.2) is 0 Å². The van der Waals surface area contributed by atoms with E-state index in [4.69, 9.17) is 9.47 Å². The molecule has 120 valence electrons. The zero-order chi connectivity index (χ0) is 16.1. The summed E-state index contributed by atoms with van der Waals surface area (Å²) in [4.78, 5) is 12.7. The molecule has 0 amide bonds. The molecule has 0 N–H and O–H groups in total. The summed E-state index contributed by atoms with van der Waals surface area (Å²) in [7, 11) is 1.46. The van der Waals surface area contributed by atoms with Crippen LogP contribution in [0.3, 0.4) is 0 Å². The molecule has 23 heavy (non-hydrogen) atoms. The molecule has 0 bridgehead atoms. The van der Waals surface area contributed by atoms with Gasteiger partial charge in [-0.1, -0.05) is 60.7 Å². The Kier molecular flexibility index (Phi) is 4.77. The van der Waals surface area contributed by atoms with Crippen molar-refractivity contribution in [3.8, 4) is 0 Å². The lowest BCUT2D eigenvalue weighted by molar-refractivity contribution is -0.153. The highest BCUT2D eigenvalue weighted by molar-refractivity contribution is 5.84. The predicted molar refractivity (Wildman–Crippen MR) is 89.0 cm³/mol.